The van der Waals surface area contributed by atoms with Crippen LogP contribution in [0.2, 0.25) is 0 Å². The smallest absolute Gasteiger partial charge is 0.121 e. The molecule has 0 aromatic heterocycles. The van der Waals surface area contributed by atoms with Gasteiger partial charge in [0.1, 0.15) is 13.4 Å². The van der Waals surface area contributed by atoms with Crippen LogP contribution in [0.5, 0.6) is 0 Å². The van der Waals surface area contributed by atoms with Gasteiger partial charge >= 0.3 is 0 Å². The quantitative estimate of drug-likeness (QED) is 0.395. The molecule has 1 aliphatic carbocycles. The van der Waals surface area contributed by atoms with Crippen LogP contribution in [0.25, 0.3) is 0 Å². The van der Waals surface area contributed by atoms with Gasteiger partial charge in [-0.15, -0.1) is 0 Å². The van der Waals surface area contributed by atoms with Crippen molar-refractivity contribution in [2.24, 2.45) is 5.92 Å². The second-order valence-corrected chi connectivity index (χ2v) is 3.61. The average Bonchev–Trinajstić information content (AvgIpc) is 2.37. The molecule has 2 rings (SSSR count). The molecule has 1 aliphatic heterocycles. The summed E-state index contributed by atoms with van der Waals surface area (Å²) in [6.45, 7) is 3.60. The minimum Gasteiger partial charge on any atom is -0.393 e. The van der Waals surface area contributed by atoms with Crippen LogP contribution >= 0.6 is 0 Å². The lowest BCUT2D eigenvalue weighted by Crippen LogP contribution is -2.40. The number of hydrogen-bond donors (Lipinski definition) is 2. The number of hydrogen-bond acceptors (Lipinski definition) is 3. The topological polar surface area (TPSA) is 49.7 Å². The molecule has 2 bridgehead atoms. The van der Waals surface area contributed by atoms with Crippen molar-refractivity contribution in [3.8, 4) is 0 Å². The van der Waals surface area contributed by atoms with Gasteiger partial charge in [-0.05, 0) is 0 Å². The van der Waals surface area contributed by atoms with Crippen molar-refractivity contribution in [3.63, 3.8) is 0 Å². The summed E-state index contributed by atoms with van der Waals surface area (Å²) >= 11 is 0. The number of fused-ring (bicyclic) bond motifs is 2. The first-order chi connectivity index (χ1) is 5.60. The number of aliphatic hydroxyl groups is 2. The van der Waals surface area contributed by atoms with Gasteiger partial charge in [-0.3, -0.25) is 0 Å². The van der Waals surface area contributed by atoms with Crippen LogP contribution in [0.3, 0.4) is 0 Å². The zero-order valence-electron chi connectivity index (χ0n) is 6.73. The molecule has 2 radical (unpaired) electrons. The molecule has 3 nitrogen and oxygen atoms in total. The molecule has 2 fully saturated rings. The molecule has 2 aliphatic rings. The zero-order chi connectivity index (χ0) is 8.93. The highest BCUT2D eigenvalue weighted by Gasteiger charge is 2.59. The van der Waals surface area contributed by atoms with Crippen LogP contribution in [0.4, 0.5) is 0 Å². The van der Waals surface area contributed by atoms with Gasteiger partial charge in [-0.2, -0.15) is 0 Å². The maximum atomic E-state index is 9.69. The lowest BCUT2D eigenvalue weighted by Gasteiger charge is -2.28. The van der Waals surface area contributed by atoms with Gasteiger partial charge in [0.15, 0.2) is 0 Å². The lowest BCUT2D eigenvalue weighted by atomic mass is 9.83. The number of aliphatic hydroxyl groups excluding tert-OH is 2. The van der Waals surface area contributed by atoms with Crippen molar-refractivity contribution in [1.82, 2.24) is 0 Å². The van der Waals surface area contributed by atoms with Crippen molar-refractivity contribution in [2.75, 3.05) is 6.61 Å². The first-order valence-electron chi connectivity index (χ1n) is 4.01. The predicted molar refractivity (Wildman–Crippen MR) is 43.7 cm³/mol. The van der Waals surface area contributed by atoms with E-state index < -0.39 is 17.7 Å². The monoisotopic (exact) mass is 166 g/mol. The summed E-state index contributed by atoms with van der Waals surface area (Å²) in [5.74, 6) is -0.197. The van der Waals surface area contributed by atoms with E-state index in [0.717, 1.165) is 5.57 Å². The van der Waals surface area contributed by atoms with Crippen LogP contribution in [0.15, 0.2) is 12.2 Å². The molecule has 12 heavy (non-hydrogen) atoms. The number of rotatable bonds is 1. The summed E-state index contributed by atoms with van der Waals surface area (Å²) in [5, 5.41) is 18.8. The van der Waals surface area contributed by atoms with E-state index >= 15 is 0 Å². The Morgan fingerprint density at radius 1 is 1.75 bits per heavy atom. The Labute approximate surface area is 72.4 Å². The highest BCUT2D eigenvalue weighted by Crippen LogP contribution is 2.49. The molecule has 1 saturated carbocycles. The molecular formula is C8H11BO3. The molecular weight excluding hydrogens is 155 g/mol. The molecule has 4 heteroatoms. The average molecular weight is 166 g/mol. The molecule has 1 saturated heterocycles. The van der Waals surface area contributed by atoms with Gasteiger partial charge in [0.25, 0.3) is 0 Å². The van der Waals surface area contributed by atoms with Crippen molar-refractivity contribution >= 4 is 7.85 Å². The first kappa shape index (κ1) is 8.29. The Bertz CT molecular complexity index is 230. The van der Waals surface area contributed by atoms with E-state index in [1.165, 1.54) is 0 Å². The van der Waals surface area contributed by atoms with Crippen molar-refractivity contribution in [3.05, 3.63) is 12.2 Å². The van der Waals surface area contributed by atoms with Gasteiger partial charge in [0, 0.05) is 18.3 Å². The fraction of sp³-hybridized carbons (Fsp3) is 0.750. The third-order valence-corrected chi connectivity index (χ3v) is 2.87. The van der Waals surface area contributed by atoms with Crippen LogP contribution in [0.1, 0.15) is 6.42 Å². The normalized spacial score (nSPS) is 51.8. The van der Waals surface area contributed by atoms with Crippen molar-refractivity contribution in [2.45, 2.75) is 24.1 Å². The van der Waals surface area contributed by atoms with Gasteiger partial charge in [0.05, 0.1) is 12.7 Å². The second-order valence-electron chi connectivity index (χ2n) is 3.61. The van der Waals surface area contributed by atoms with Gasteiger partial charge in [-0.25, -0.2) is 0 Å². The number of ether oxygens (including phenoxy) is 1. The Kier molecular flexibility index (Phi) is 1.62. The highest BCUT2D eigenvalue weighted by molar-refractivity contribution is 6.11. The molecule has 1 unspecified atom stereocenters. The summed E-state index contributed by atoms with van der Waals surface area (Å²) in [5.41, 5.74) is 0.0246. The largest absolute Gasteiger partial charge is 0.393 e. The molecule has 0 amide bonds. The Morgan fingerprint density at radius 3 is 2.75 bits per heavy atom. The van der Waals surface area contributed by atoms with Gasteiger partial charge < -0.3 is 14.9 Å². The molecule has 1 heterocycles. The predicted octanol–water partition coefficient (Wildman–Crippen LogP) is -0.821. The summed E-state index contributed by atoms with van der Waals surface area (Å²) in [4.78, 5) is 0. The van der Waals surface area contributed by atoms with Crippen LogP contribution in [-0.4, -0.2) is 42.4 Å². The Morgan fingerprint density at radius 2 is 2.42 bits per heavy atom. The minimum atomic E-state index is -0.860. The van der Waals surface area contributed by atoms with Crippen molar-refractivity contribution in [1.29, 1.82) is 0 Å². The van der Waals surface area contributed by atoms with E-state index in [-0.39, 0.29) is 12.5 Å². The van der Waals surface area contributed by atoms with Gasteiger partial charge in [-0.1, -0.05) is 12.2 Å². The molecule has 4 atom stereocenters. The van der Waals surface area contributed by atoms with E-state index in [9.17, 15) is 5.11 Å². The van der Waals surface area contributed by atoms with E-state index in [2.05, 4.69) is 6.58 Å². The third kappa shape index (κ3) is 0.776. The third-order valence-electron chi connectivity index (χ3n) is 2.87. The SMILES string of the molecule is [B]C1O[C@@]2(CO)CC(=C)[C@@H]1[C@H]2O. The summed E-state index contributed by atoms with van der Waals surface area (Å²) in [6, 6.07) is -0.506. The molecule has 64 valence electrons. The van der Waals surface area contributed by atoms with Gasteiger partial charge in [0.2, 0.25) is 0 Å². The van der Waals surface area contributed by atoms with E-state index in [0.29, 0.717) is 6.42 Å². The first-order valence-corrected chi connectivity index (χ1v) is 4.01. The standard InChI is InChI=1S/C8H11BO3/c1-4-2-8(3-10)6(11)5(4)7(9)12-8/h5-7,10-11H,1-3H2/t5-,6-,7?,8-/m1/s1. The van der Waals surface area contributed by atoms with E-state index in [1.54, 1.807) is 0 Å². The minimum absolute atomic E-state index is 0.197. The maximum absolute atomic E-state index is 9.69. The van der Waals surface area contributed by atoms with Crippen LogP contribution in [-0.2, 0) is 4.74 Å². The fourth-order valence-corrected chi connectivity index (χ4v) is 2.21. The molecule has 0 spiro atoms. The summed E-state index contributed by atoms with van der Waals surface area (Å²) < 4.78 is 5.30. The van der Waals surface area contributed by atoms with Crippen molar-refractivity contribution < 1.29 is 14.9 Å². The molecule has 0 aromatic carbocycles. The highest BCUT2D eigenvalue weighted by atomic mass is 16.5. The van der Waals surface area contributed by atoms with Crippen LogP contribution in [0, 0.1) is 5.92 Å². The second kappa shape index (κ2) is 2.34. The van der Waals surface area contributed by atoms with E-state index in [4.69, 9.17) is 17.7 Å². The van der Waals surface area contributed by atoms with Crippen LogP contribution < -0.4 is 0 Å². The zero-order valence-corrected chi connectivity index (χ0v) is 6.73. The van der Waals surface area contributed by atoms with E-state index in [1.807, 2.05) is 0 Å². The summed E-state index contributed by atoms with van der Waals surface area (Å²) in [7, 11) is 5.61. The maximum Gasteiger partial charge on any atom is 0.121 e. The molecule has 0 aromatic rings. The summed E-state index contributed by atoms with van der Waals surface area (Å²) in [6.07, 6.45) is -0.173. The fourth-order valence-electron chi connectivity index (χ4n) is 2.21. The Hall–Kier alpha value is -0.315. The molecule has 2 N–H and O–H groups in total. The lowest BCUT2D eigenvalue weighted by molar-refractivity contribution is -0.0931. The Balaban J connectivity index is 2.34.